The molecule has 1 amide bonds. The summed E-state index contributed by atoms with van der Waals surface area (Å²) >= 11 is 0. The fraction of sp³-hybridized carbons (Fsp3) is 0.548. The molecule has 0 unspecified atom stereocenters. The predicted molar refractivity (Wildman–Crippen MR) is 148 cm³/mol. The number of hydrogen-bond donors (Lipinski definition) is 2. The third-order valence-electron chi connectivity index (χ3n) is 8.74. The van der Waals surface area contributed by atoms with Gasteiger partial charge in [-0.15, -0.1) is 0 Å². The van der Waals surface area contributed by atoms with E-state index in [1.54, 1.807) is 24.3 Å². The van der Waals surface area contributed by atoms with E-state index in [0.29, 0.717) is 12.1 Å². The van der Waals surface area contributed by atoms with Crippen molar-refractivity contribution in [1.82, 2.24) is 5.32 Å². The number of rotatable bonds is 7. The molecule has 6 heteroatoms. The second-order valence-electron chi connectivity index (χ2n) is 13.0. The average Bonchev–Trinajstić information content (AvgIpc) is 2.80. The maximum Gasteiger partial charge on any atom is 0.335 e. The number of carboxylic acids is 1. The summed E-state index contributed by atoms with van der Waals surface area (Å²) in [6.45, 7) is 11.5. The summed E-state index contributed by atoms with van der Waals surface area (Å²) in [6.07, 6.45) is 7.77. The van der Waals surface area contributed by atoms with Gasteiger partial charge in [0, 0.05) is 17.5 Å². The Morgan fingerprint density at radius 1 is 0.973 bits per heavy atom. The molecule has 4 saturated carbocycles. The number of nitrogens with one attached hydrogen (secondary N) is 1. The smallest absolute Gasteiger partial charge is 0.335 e. The summed E-state index contributed by atoms with van der Waals surface area (Å²) in [6, 6.07) is 10.8. The molecule has 2 N–H and O–H groups in total. The lowest BCUT2D eigenvalue weighted by molar-refractivity contribution is -0.00660. The molecular formula is C31H40NO4Si. The molecule has 0 spiro atoms. The summed E-state index contributed by atoms with van der Waals surface area (Å²) in [5.41, 5.74) is 4.44. The van der Waals surface area contributed by atoms with Crippen molar-refractivity contribution in [3.63, 3.8) is 0 Å². The Kier molecular flexibility index (Phi) is 6.76. The number of aromatic carboxylic acids is 1. The monoisotopic (exact) mass is 518 g/mol. The van der Waals surface area contributed by atoms with Crippen LogP contribution in [0.25, 0.3) is 0 Å². The molecule has 2 aromatic carbocycles. The van der Waals surface area contributed by atoms with Gasteiger partial charge >= 0.3 is 5.97 Å². The number of benzene rings is 2. The van der Waals surface area contributed by atoms with Gasteiger partial charge in [0.15, 0.2) is 0 Å². The molecule has 4 aliphatic rings. The summed E-state index contributed by atoms with van der Waals surface area (Å²) in [5, 5.41) is 12.2. The molecule has 1 radical (unpaired) electrons. The summed E-state index contributed by atoms with van der Waals surface area (Å²) in [5.74, 6) is 2.13. The predicted octanol–water partition coefficient (Wildman–Crippen LogP) is 6.71. The van der Waals surface area contributed by atoms with E-state index in [9.17, 15) is 9.59 Å². The highest BCUT2D eigenvalue weighted by Gasteiger charge is 2.54. The lowest BCUT2D eigenvalue weighted by atomic mass is 9.47. The number of hydrogen-bond acceptors (Lipinski definition) is 3. The van der Waals surface area contributed by atoms with Crippen molar-refractivity contribution in [1.29, 1.82) is 0 Å². The average molecular weight is 519 g/mol. The molecular weight excluding hydrogens is 478 g/mol. The molecule has 5 nitrogen and oxygen atoms in total. The van der Waals surface area contributed by atoms with Gasteiger partial charge in [0.25, 0.3) is 14.9 Å². The van der Waals surface area contributed by atoms with Crippen LogP contribution in [0.4, 0.5) is 0 Å². The van der Waals surface area contributed by atoms with Gasteiger partial charge in [0.2, 0.25) is 0 Å². The van der Waals surface area contributed by atoms with Crippen molar-refractivity contribution < 1.29 is 19.1 Å². The van der Waals surface area contributed by atoms with Crippen molar-refractivity contribution >= 4 is 20.9 Å². The summed E-state index contributed by atoms with van der Waals surface area (Å²) < 4.78 is 6.69. The molecule has 197 valence electrons. The van der Waals surface area contributed by atoms with Crippen LogP contribution in [0.5, 0.6) is 5.75 Å². The van der Waals surface area contributed by atoms with Crippen molar-refractivity contribution in [2.24, 2.45) is 17.8 Å². The molecule has 37 heavy (non-hydrogen) atoms. The summed E-state index contributed by atoms with van der Waals surface area (Å²) in [7, 11) is -1.11. The van der Waals surface area contributed by atoms with Crippen LogP contribution in [0.3, 0.4) is 0 Å². The Hall–Kier alpha value is -2.60. The summed E-state index contributed by atoms with van der Waals surface area (Å²) in [4.78, 5) is 24.8. The van der Waals surface area contributed by atoms with Crippen LogP contribution in [-0.2, 0) is 17.4 Å². The number of carbonyl (C=O) groups is 2. The number of carbonyl (C=O) groups excluding carboxylic acids is 1. The Morgan fingerprint density at radius 2 is 1.54 bits per heavy atom. The van der Waals surface area contributed by atoms with Crippen LogP contribution in [0.2, 0.25) is 13.1 Å². The lowest BCUT2D eigenvalue weighted by Crippen LogP contribution is -2.49. The Labute approximate surface area is 222 Å². The largest absolute Gasteiger partial charge is 0.542 e. The van der Waals surface area contributed by atoms with Crippen LogP contribution in [-0.4, -0.2) is 26.0 Å². The first-order valence-corrected chi connectivity index (χ1v) is 16.1. The van der Waals surface area contributed by atoms with E-state index in [1.807, 2.05) is 6.07 Å². The normalized spacial score (nSPS) is 26.4. The third-order valence-corrected chi connectivity index (χ3v) is 9.35. The van der Waals surface area contributed by atoms with Crippen LogP contribution in [0, 0.1) is 17.8 Å². The van der Waals surface area contributed by atoms with E-state index in [1.165, 1.54) is 49.7 Å². The minimum Gasteiger partial charge on any atom is -0.542 e. The molecule has 2 aromatic rings. The van der Waals surface area contributed by atoms with E-state index in [-0.39, 0.29) is 22.3 Å². The highest BCUT2D eigenvalue weighted by Crippen LogP contribution is 2.63. The first-order chi connectivity index (χ1) is 17.4. The van der Waals surface area contributed by atoms with Gasteiger partial charge in [-0.25, -0.2) is 4.79 Å². The van der Waals surface area contributed by atoms with Crippen molar-refractivity contribution in [3.05, 3.63) is 64.2 Å². The van der Waals surface area contributed by atoms with Gasteiger partial charge in [0.1, 0.15) is 5.75 Å². The number of amides is 1. The highest BCUT2D eigenvalue weighted by atomic mass is 28.3. The minimum atomic E-state index is -1.11. The number of carboxylic acid groups (broad SMARTS) is 1. The fourth-order valence-electron chi connectivity index (χ4n) is 7.68. The van der Waals surface area contributed by atoms with Gasteiger partial charge in [-0.3, -0.25) is 4.79 Å². The zero-order valence-electron chi connectivity index (χ0n) is 22.8. The molecule has 6 rings (SSSR count). The lowest BCUT2D eigenvalue weighted by Gasteiger charge is -2.58. The molecule has 0 saturated heterocycles. The van der Waals surface area contributed by atoms with Crippen molar-refractivity contribution in [3.8, 4) is 5.75 Å². The standard InChI is InChI=1S/C31H40NO4Si/c1-30(2,3)25-11-10-24(28(33)32-18-19-6-8-23(9-7-19)29(34)35)27(36-37(4)5)26(25)31-15-20-12-21(16-31)14-22(13-20)17-31/h6-11,20-22H,12-18H2,1-5H3,(H,32,33)(H,34,35). The molecule has 0 atom stereocenters. The van der Waals surface area contributed by atoms with Gasteiger partial charge in [-0.1, -0.05) is 39.0 Å². The molecule has 0 aliphatic heterocycles. The second-order valence-corrected chi connectivity index (χ2v) is 15.0. The Balaban J connectivity index is 1.54. The SMILES string of the molecule is C[Si](C)Oc1c(C(=O)NCc2ccc(C(=O)O)cc2)ccc(C(C)(C)C)c1C12CC3CC(CC(C3)C1)C2. The highest BCUT2D eigenvalue weighted by molar-refractivity contribution is 6.49. The maximum absolute atomic E-state index is 13.7. The fourth-order valence-corrected chi connectivity index (χ4v) is 8.30. The topological polar surface area (TPSA) is 75.6 Å². The van der Waals surface area contributed by atoms with Crippen molar-refractivity contribution in [2.75, 3.05) is 0 Å². The van der Waals surface area contributed by atoms with Crippen LogP contribution in [0.15, 0.2) is 36.4 Å². The quantitative estimate of drug-likeness (QED) is 0.400. The second kappa shape index (κ2) is 9.61. The van der Waals surface area contributed by atoms with Crippen LogP contribution >= 0.6 is 0 Å². The first kappa shape index (κ1) is 26.0. The molecule has 4 aliphatic carbocycles. The van der Waals surface area contributed by atoms with Gasteiger partial charge < -0.3 is 14.8 Å². The van der Waals surface area contributed by atoms with Crippen molar-refractivity contribution in [2.45, 2.75) is 89.8 Å². The van der Waals surface area contributed by atoms with E-state index < -0.39 is 15.0 Å². The van der Waals surface area contributed by atoms with E-state index >= 15 is 0 Å². The molecule has 0 heterocycles. The zero-order valence-corrected chi connectivity index (χ0v) is 23.8. The van der Waals surface area contributed by atoms with E-state index in [0.717, 1.165) is 29.1 Å². The zero-order chi connectivity index (χ0) is 26.5. The Bertz CT molecular complexity index is 1160. The molecule has 4 fully saturated rings. The minimum absolute atomic E-state index is 0.0495. The first-order valence-electron chi connectivity index (χ1n) is 13.7. The maximum atomic E-state index is 13.7. The van der Waals surface area contributed by atoms with Crippen LogP contribution < -0.4 is 9.74 Å². The van der Waals surface area contributed by atoms with E-state index in [2.05, 4.69) is 45.2 Å². The Morgan fingerprint density at radius 3 is 2.03 bits per heavy atom. The molecule has 0 aromatic heterocycles. The molecule has 4 bridgehead atoms. The van der Waals surface area contributed by atoms with Gasteiger partial charge in [-0.05, 0) is 104 Å². The van der Waals surface area contributed by atoms with Gasteiger partial charge in [-0.2, -0.15) is 0 Å². The van der Waals surface area contributed by atoms with E-state index in [4.69, 9.17) is 9.53 Å². The van der Waals surface area contributed by atoms with Gasteiger partial charge in [0.05, 0.1) is 11.1 Å². The third kappa shape index (κ3) is 5.09. The van der Waals surface area contributed by atoms with Crippen LogP contribution in [0.1, 0.15) is 96.7 Å².